The Bertz CT molecular complexity index is 739. The van der Waals surface area contributed by atoms with Crippen molar-refractivity contribution in [2.75, 3.05) is 19.5 Å². The van der Waals surface area contributed by atoms with Crippen LogP contribution in [0.5, 0.6) is 0 Å². The molecule has 0 saturated carbocycles. The first-order valence-electron chi connectivity index (χ1n) is 6.63. The Labute approximate surface area is 138 Å². The Balaban J connectivity index is 2.36. The molecule has 0 unspecified atom stereocenters. The first-order chi connectivity index (χ1) is 11.0. The lowest BCUT2D eigenvalue weighted by atomic mass is 10.2. The zero-order valence-electron chi connectivity index (χ0n) is 12.6. The molecule has 1 aromatic heterocycles. The zero-order valence-corrected chi connectivity index (χ0v) is 13.3. The van der Waals surface area contributed by atoms with E-state index in [0.717, 1.165) is 11.8 Å². The average Bonchev–Trinajstić information content (AvgIpc) is 3.09. The van der Waals surface area contributed by atoms with E-state index in [2.05, 4.69) is 14.8 Å². The highest BCUT2D eigenvalue weighted by atomic mass is 35.5. The van der Waals surface area contributed by atoms with E-state index in [0.29, 0.717) is 10.7 Å². The minimum absolute atomic E-state index is 0.0779. The lowest BCUT2D eigenvalue weighted by Gasteiger charge is -2.12. The fourth-order valence-corrected chi connectivity index (χ4v) is 2.02. The Morgan fingerprint density at radius 1 is 1.17 bits per heavy atom. The van der Waals surface area contributed by atoms with E-state index < -0.39 is 11.9 Å². The average molecular weight is 335 g/mol. The van der Waals surface area contributed by atoms with Gasteiger partial charge in [0.25, 0.3) is 0 Å². The maximum Gasteiger partial charge on any atom is 0.354 e. The van der Waals surface area contributed by atoms with Crippen LogP contribution < -0.4 is 5.32 Å². The van der Waals surface area contributed by atoms with Crippen LogP contribution >= 0.6 is 11.6 Å². The molecule has 7 heteroatoms. The molecule has 1 aromatic carbocycles. The molecule has 1 N–H and O–H groups in total. The molecule has 23 heavy (non-hydrogen) atoms. The lowest BCUT2D eigenvalue weighted by molar-refractivity contribution is -0.138. The molecule has 0 saturated heterocycles. The monoisotopic (exact) mass is 334 g/mol. The maximum atomic E-state index is 11.8. The number of benzene rings is 1. The molecule has 0 bridgehead atoms. The molecule has 0 aliphatic carbocycles. The van der Waals surface area contributed by atoms with E-state index in [1.165, 1.54) is 14.2 Å². The van der Waals surface area contributed by atoms with Gasteiger partial charge < -0.3 is 19.4 Å². The van der Waals surface area contributed by atoms with Crippen LogP contribution in [0.25, 0.3) is 5.69 Å². The van der Waals surface area contributed by atoms with Gasteiger partial charge in [-0.15, -0.1) is 0 Å². The molecule has 6 nitrogen and oxygen atoms in total. The van der Waals surface area contributed by atoms with Crippen molar-refractivity contribution >= 4 is 29.2 Å². The standard InChI is InChI=1S/C16H15ClN2O4/c1-22-15(20)10-14(16(21)23-2)18-13-9-11(5-6-12(13)17)19-7-3-4-8-19/h3-10,18H,1-2H3/b14-10+. The van der Waals surface area contributed by atoms with E-state index in [4.69, 9.17) is 11.6 Å². The highest BCUT2D eigenvalue weighted by molar-refractivity contribution is 6.33. The summed E-state index contributed by atoms with van der Waals surface area (Å²) >= 11 is 6.15. The van der Waals surface area contributed by atoms with Crippen LogP contribution in [-0.4, -0.2) is 30.7 Å². The highest BCUT2D eigenvalue weighted by Gasteiger charge is 2.14. The molecule has 0 spiro atoms. The third-order valence-electron chi connectivity index (χ3n) is 2.99. The number of methoxy groups -OCH3 is 2. The van der Waals surface area contributed by atoms with Gasteiger partial charge in [-0.2, -0.15) is 0 Å². The van der Waals surface area contributed by atoms with Crippen molar-refractivity contribution < 1.29 is 19.1 Å². The van der Waals surface area contributed by atoms with Crippen molar-refractivity contribution in [1.29, 1.82) is 0 Å². The van der Waals surface area contributed by atoms with Crippen molar-refractivity contribution in [1.82, 2.24) is 4.57 Å². The lowest BCUT2D eigenvalue weighted by Crippen LogP contribution is -2.15. The van der Waals surface area contributed by atoms with Gasteiger partial charge in [-0.25, -0.2) is 9.59 Å². The number of rotatable bonds is 5. The van der Waals surface area contributed by atoms with Crippen LogP contribution in [0.3, 0.4) is 0 Å². The summed E-state index contributed by atoms with van der Waals surface area (Å²) in [6.07, 6.45) is 4.75. The predicted octanol–water partition coefficient (Wildman–Crippen LogP) is 2.77. The van der Waals surface area contributed by atoms with Gasteiger partial charge in [0.15, 0.2) is 0 Å². The number of carbonyl (C=O) groups is 2. The fraction of sp³-hybridized carbons (Fsp3) is 0.125. The third-order valence-corrected chi connectivity index (χ3v) is 3.32. The topological polar surface area (TPSA) is 69.6 Å². The molecule has 1 heterocycles. The summed E-state index contributed by atoms with van der Waals surface area (Å²) in [5.74, 6) is -1.39. The highest BCUT2D eigenvalue weighted by Crippen LogP contribution is 2.26. The van der Waals surface area contributed by atoms with Gasteiger partial charge >= 0.3 is 11.9 Å². The number of carbonyl (C=O) groups excluding carboxylic acids is 2. The van der Waals surface area contributed by atoms with Crippen molar-refractivity contribution in [2.24, 2.45) is 0 Å². The number of aromatic nitrogens is 1. The number of hydrogen-bond donors (Lipinski definition) is 1. The second-order valence-electron chi connectivity index (χ2n) is 4.45. The van der Waals surface area contributed by atoms with Crippen LogP contribution in [0, 0.1) is 0 Å². The van der Waals surface area contributed by atoms with Gasteiger partial charge in [-0.3, -0.25) is 0 Å². The van der Waals surface area contributed by atoms with Crippen molar-refractivity contribution in [2.45, 2.75) is 0 Å². The number of anilines is 1. The summed E-state index contributed by atoms with van der Waals surface area (Å²) < 4.78 is 11.1. The zero-order chi connectivity index (χ0) is 16.8. The fourth-order valence-electron chi connectivity index (χ4n) is 1.85. The number of nitrogens with one attached hydrogen (secondary N) is 1. The smallest absolute Gasteiger partial charge is 0.354 e. The molecular formula is C16H15ClN2O4. The van der Waals surface area contributed by atoms with E-state index >= 15 is 0 Å². The number of esters is 2. The Morgan fingerprint density at radius 3 is 2.48 bits per heavy atom. The number of nitrogens with zero attached hydrogens (tertiary/aromatic N) is 1. The van der Waals surface area contributed by atoms with Crippen LogP contribution in [0.4, 0.5) is 5.69 Å². The molecule has 2 aromatic rings. The SMILES string of the molecule is COC(=O)/C=C(/Nc1cc(-n2cccc2)ccc1Cl)C(=O)OC. The van der Waals surface area contributed by atoms with Gasteiger partial charge in [-0.1, -0.05) is 11.6 Å². The second kappa shape index (κ2) is 7.51. The molecule has 2 rings (SSSR count). The summed E-state index contributed by atoms with van der Waals surface area (Å²) in [6.45, 7) is 0. The largest absolute Gasteiger partial charge is 0.466 e. The van der Waals surface area contributed by atoms with E-state index in [1.807, 2.05) is 35.2 Å². The first kappa shape index (κ1) is 16.6. The summed E-state index contributed by atoms with van der Waals surface area (Å²) in [5, 5.41) is 3.20. The molecule has 0 aliphatic rings. The molecule has 0 fully saturated rings. The van der Waals surface area contributed by atoms with Crippen LogP contribution in [0.2, 0.25) is 5.02 Å². The molecule has 0 radical (unpaired) electrons. The van der Waals surface area contributed by atoms with Crippen LogP contribution in [-0.2, 0) is 19.1 Å². The molecule has 0 amide bonds. The Morgan fingerprint density at radius 2 is 1.87 bits per heavy atom. The molecule has 120 valence electrons. The van der Waals surface area contributed by atoms with Gasteiger partial charge in [0.05, 0.1) is 31.0 Å². The molecule has 0 aliphatic heterocycles. The van der Waals surface area contributed by atoms with E-state index in [1.54, 1.807) is 12.1 Å². The first-order valence-corrected chi connectivity index (χ1v) is 7.01. The minimum atomic E-state index is -0.710. The van der Waals surface area contributed by atoms with Crippen molar-refractivity contribution in [3.8, 4) is 5.69 Å². The van der Waals surface area contributed by atoms with Gasteiger partial charge in [-0.05, 0) is 30.3 Å². The van der Waals surface area contributed by atoms with E-state index in [-0.39, 0.29) is 5.70 Å². The minimum Gasteiger partial charge on any atom is -0.466 e. The van der Waals surface area contributed by atoms with Gasteiger partial charge in [0.1, 0.15) is 5.70 Å². The summed E-state index contributed by atoms with van der Waals surface area (Å²) in [7, 11) is 2.43. The van der Waals surface area contributed by atoms with Gasteiger partial charge in [0, 0.05) is 18.1 Å². The third kappa shape index (κ3) is 4.14. The number of ether oxygens (including phenoxy) is 2. The normalized spacial score (nSPS) is 11.0. The number of halogens is 1. The van der Waals surface area contributed by atoms with Crippen LogP contribution in [0.15, 0.2) is 54.5 Å². The summed E-state index contributed by atoms with van der Waals surface area (Å²) in [6, 6.07) is 9.04. The van der Waals surface area contributed by atoms with Gasteiger partial charge in [0.2, 0.25) is 0 Å². The van der Waals surface area contributed by atoms with Crippen molar-refractivity contribution in [3.63, 3.8) is 0 Å². The van der Waals surface area contributed by atoms with Crippen molar-refractivity contribution in [3.05, 3.63) is 59.5 Å². The molecular weight excluding hydrogens is 320 g/mol. The quantitative estimate of drug-likeness (QED) is 0.672. The van der Waals surface area contributed by atoms with E-state index in [9.17, 15) is 9.59 Å². The number of hydrogen-bond acceptors (Lipinski definition) is 5. The maximum absolute atomic E-state index is 11.8. The molecule has 0 atom stereocenters. The van der Waals surface area contributed by atoms with Crippen LogP contribution in [0.1, 0.15) is 0 Å². The predicted molar refractivity (Wildman–Crippen MR) is 86.5 cm³/mol. The Kier molecular flexibility index (Phi) is 5.43. The second-order valence-corrected chi connectivity index (χ2v) is 4.86. The summed E-state index contributed by atoms with van der Waals surface area (Å²) in [5.41, 5.74) is 1.22. The Hall–Kier alpha value is -2.73. The summed E-state index contributed by atoms with van der Waals surface area (Å²) in [4.78, 5) is 23.2.